The van der Waals surface area contributed by atoms with Gasteiger partial charge in [-0.25, -0.2) is 14.4 Å². The molecule has 0 aliphatic rings. The van der Waals surface area contributed by atoms with Crippen LogP contribution in [0.15, 0.2) is 18.2 Å². The number of rotatable bonds is 3. The van der Waals surface area contributed by atoms with Crippen molar-refractivity contribution in [2.24, 2.45) is 0 Å². The Morgan fingerprint density at radius 1 is 0.889 bits per heavy atom. The molecule has 0 aliphatic carbocycles. The van der Waals surface area contributed by atoms with E-state index in [1.54, 1.807) is 0 Å². The number of hydrogen-bond acceptors (Lipinski definition) is 4. The predicted molar refractivity (Wildman–Crippen MR) is 63.0 cm³/mol. The molecule has 0 bridgehead atoms. The van der Waals surface area contributed by atoms with E-state index in [9.17, 15) is 14.4 Å². The van der Waals surface area contributed by atoms with Crippen molar-refractivity contribution in [3.05, 3.63) is 34.9 Å². The van der Waals surface area contributed by atoms with Crippen LogP contribution >= 0.6 is 0 Å². The first-order chi connectivity index (χ1) is 8.45. The Labute approximate surface area is 104 Å². The summed E-state index contributed by atoms with van der Waals surface area (Å²) in [5, 5.41) is 17.4. The minimum absolute atomic E-state index is 0.111. The summed E-state index contributed by atoms with van der Waals surface area (Å²) in [5.41, 5.74) is -0.666. The molecule has 98 valence electrons. The Morgan fingerprint density at radius 3 is 1.50 bits per heavy atom. The average Bonchev–Trinajstić information content (AvgIpc) is 2.39. The number of hydrogen-bond donors (Lipinski definition) is 2. The highest BCUT2D eigenvalue weighted by Crippen LogP contribution is 2.12. The fourth-order valence-electron chi connectivity index (χ4n) is 1.11. The van der Waals surface area contributed by atoms with Crippen LogP contribution in [-0.2, 0) is 4.74 Å². The SMILES string of the molecule is CC.COC(=O)c1cc(C(=O)O)cc(C(=O)O)c1. The van der Waals surface area contributed by atoms with Crippen molar-refractivity contribution in [3.8, 4) is 0 Å². The van der Waals surface area contributed by atoms with Crippen LogP contribution in [-0.4, -0.2) is 35.2 Å². The molecule has 0 spiro atoms. The number of carbonyl (C=O) groups is 3. The molecule has 18 heavy (non-hydrogen) atoms. The quantitative estimate of drug-likeness (QED) is 0.799. The standard InChI is InChI=1S/C10H8O6.C2H6/c1-16-10(15)7-3-5(8(11)12)2-6(4-7)9(13)14;1-2/h2-4H,1H3,(H,11,12)(H,13,14);1-2H3. The van der Waals surface area contributed by atoms with Crippen molar-refractivity contribution in [3.63, 3.8) is 0 Å². The van der Waals surface area contributed by atoms with Crippen molar-refractivity contribution in [1.82, 2.24) is 0 Å². The van der Waals surface area contributed by atoms with Gasteiger partial charge in [0.1, 0.15) is 0 Å². The van der Waals surface area contributed by atoms with E-state index in [1.165, 1.54) is 0 Å². The summed E-state index contributed by atoms with van der Waals surface area (Å²) in [7, 11) is 1.12. The highest BCUT2D eigenvalue weighted by atomic mass is 16.5. The molecule has 0 saturated heterocycles. The largest absolute Gasteiger partial charge is 0.478 e. The number of carboxylic acid groups (broad SMARTS) is 2. The first kappa shape index (κ1) is 15.6. The number of benzene rings is 1. The van der Waals surface area contributed by atoms with Crippen LogP contribution in [0.2, 0.25) is 0 Å². The topological polar surface area (TPSA) is 101 Å². The molecule has 0 heterocycles. The third kappa shape index (κ3) is 3.89. The fraction of sp³-hybridized carbons (Fsp3) is 0.250. The Morgan fingerprint density at radius 2 is 1.22 bits per heavy atom. The molecule has 6 heteroatoms. The van der Waals surface area contributed by atoms with Crippen LogP contribution in [0.25, 0.3) is 0 Å². The maximum Gasteiger partial charge on any atom is 0.337 e. The van der Waals surface area contributed by atoms with Crippen molar-refractivity contribution in [2.45, 2.75) is 13.8 Å². The van der Waals surface area contributed by atoms with E-state index in [2.05, 4.69) is 4.74 Å². The highest BCUT2D eigenvalue weighted by molar-refractivity contribution is 5.99. The van der Waals surface area contributed by atoms with Crippen LogP contribution in [0.1, 0.15) is 44.9 Å². The van der Waals surface area contributed by atoms with Gasteiger partial charge >= 0.3 is 17.9 Å². The lowest BCUT2D eigenvalue weighted by Crippen LogP contribution is -2.08. The molecule has 0 fully saturated rings. The summed E-state index contributed by atoms with van der Waals surface area (Å²) in [6, 6.07) is 3.08. The molecule has 0 aromatic heterocycles. The number of aromatic carboxylic acids is 2. The molecule has 1 aromatic carbocycles. The van der Waals surface area contributed by atoms with Gasteiger partial charge in [-0.1, -0.05) is 13.8 Å². The van der Waals surface area contributed by atoms with Gasteiger partial charge in [0.2, 0.25) is 0 Å². The van der Waals surface area contributed by atoms with Crippen molar-refractivity contribution in [1.29, 1.82) is 0 Å². The smallest absolute Gasteiger partial charge is 0.337 e. The van der Waals surface area contributed by atoms with Gasteiger partial charge in [0.15, 0.2) is 0 Å². The molecular formula is C12H14O6. The number of carbonyl (C=O) groups excluding carboxylic acids is 1. The number of ether oxygens (including phenoxy) is 1. The van der Waals surface area contributed by atoms with Crippen molar-refractivity contribution in [2.75, 3.05) is 7.11 Å². The summed E-state index contributed by atoms with van der Waals surface area (Å²) in [6.07, 6.45) is 0. The summed E-state index contributed by atoms with van der Waals surface area (Å²) in [5.74, 6) is -3.41. The van der Waals surface area contributed by atoms with Gasteiger partial charge in [-0.3, -0.25) is 0 Å². The van der Waals surface area contributed by atoms with Gasteiger partial charge in [0.05, 0.1) is 23.8 Å². The zero-order valence-electron chi connectivity index (χ0n) is 10.3. The van der Waals surface area contributed by atoms with E-state index in [0.717, 1.165) is 25.3 Å². The van der Waals surface area contributed by atoms with Crippen LogP contribution < -0.4 is 0 Å². The minimum atomic E-state index is -1.31. The van der Waals surface area contributed by atoms with Gasteiger partial charge < -0.3 is 14.9 Å². The second-order valence-electron chi connectivity index (χ2n) is 2.90. The lowest BCUT2D eigenvalue weighted by atomic mass is 10.1. The molecule has 0 amide bonds. The molecule has 0 atom stereocenters. The van der Waals surface area contributed by atoms with E-state index >= 15 is 0 Å². The summed E-state index contributed by atoms with van der Waals surface area (Å²) < 4.78 is 4.38. The van der Waals surface area contributed by atoms with Crippen LogP contribution in [0.5, 0.6) is 0 Å². The van der Waals surface area contributed by atoms with Crippen molar-refractivity contribution < 1.29 is 29.3 Å². The molecular weight excluding hydrogens is 240 g/mol. The Bertz CT molecular complexity index is 431. The summed E-state index contributed by atoms with van der Waals surface area (Å²) >= 11 is 0. The second-order valence-corrected chi connectivity index (χ2v) is 2.90. The summed E-state index contributed by atoms with van der Waals surface area (Å²) in [4.78, 5) is 32.5. The fourth-order valence-corrected chi connectivity index (χ4v) is 1.11. The Balaban J connectivity index is 0.00000137. The van der Waals surface area contributed by atoms with Gasteiger partial charge in [0.25, 0.3) is 0 Å². The normalized spacial score (nSPS) is 8.83. The average molecular weight is 254 g/mol. The molecule has 2 N–H and O–H groups in total. The summed E-state index contributed by atoms with van der Waals surface area (Å²) in [6.45, 7) is 4.00. The monoisotopic (exact) mass is 254 g/mol. The first-order valence-electron chi connectivity index (χ1n) is 5.15. The molecule has 1 rings (SSSR count). The zero-order chi connectivity index (χ0) is 14.3. The second kappa shape index (κ2) is 7.05. The van der Waals surface area contributed by atoms with Crippen molar-refractivity contribution >= 4 is 17.9 Å². The Hall–Kier alpha value is -2.37. The van der Waals surface area contributed by atoms with E-state index < -0.39 is 17.9 Å². The molecule has 0 unspecified atom stereocenters. The van der Waals surface area contributed by atoms with Crippen LogP contribution in [0, 0.1) is 0 Å². The first-order valence-corrected chi connectivity index (χ1v) is 5.15. The lowest BCUT2D eigenvalue weighted by molar-refractivity contribution is 0.0600. The maximum atomic E-state index is 11.2. The van der Waals surface area contributed by atoms with Crippen LogP contribution in [0.3, 0.4) is 0 Å². The molecule has 0 saturated carbocycles. The highest BCUT2D eigenvalue weighted by Gasteiger charge is 2.15. The number of carboxylic acids is 2. The molecule has 6 nitrogen and oxygen atoms in total. The van der Waals surface area contributed by atoms with Gasteiger partial charge in [-0.05, 0) is 18.2 Å². The van der Waals surface area contributed by atoms with Gasteiger partial charge in [-0.2, -0.15) is 0 Å². The molecule has 1 aromatic rings. The third-order valence-electron chi connectivity index (χ3n) is 1.85. The predicted octanol–water partition coefficient (Wildman–Crippen LogP) is 1.90. The lowest BCUT2D eigenvalue weighted by Gasteiger charge is -2.03. The van der Waals surface area contributed by atoms with E-state index in [1.807, 2.05) is 13.8 Å². The zero-order valence-corrected chi connectivity index (χ0v) is 10.3. The van der Waals surface area contributed by atoms with E-state index in [-0.39, 0.29) is 16.7 Å². The molecule has 0 aliphatic heterocycles. The molecule has 0 radical (unpaired) electrons. The Kier molecular flexibility index (Phi) is 6.12. The third-order valence-corrected chi connectivity index (χ3v) is 1.85. The van der Waals surface area contributed by atoms with Gasteiger partial charge in [0, 0.05) is 0 Å². The van der Waals surface area contributed by atoms with Crippen LogP contribution in [0.4, 0.5) is 0 Å². The van der Waals surface area contributed by atoms with E-state index in [4.69, 9.17) is 10.2 Å². The van der Waals surface area contributed by atoms with E-state index in [0.29, 0.717) is 0 Å². The van der Waals surface area contributed by atoms with Gasteiger partial charge in [-0.15, -0.1) is 0 Å². The number of methoxy groups -OCH3 is 1. The maximum absolute atomic E-state index is 11.2. The minimum Gasteiger partial charge on any atom is -0.478 e. The number of esters is 1.